The maximum atomic E-state index is 12.7. The van der Waals surface area contributed by atoms with E-state index in [-0.39, 0.29) is 19.1 Å². The number of hydrogen-bond acceptors (Lipinski definition) is 10. The molecule has 0 spiro atoms. The van der Waals surface area contributed by atoms with Crippen LogP contribution < -0.4 is 9.47 Å². The van der Waals surface area contributed by atoms with E-state index in [9.17, 15) is 19.2 Å². The van der Waals surface area contributed by atoms with Gasteiger partial charge in [-0.15, -0.1) is 0 Å². The second-order valence-electron chi connectivity index (χ2n) is 9.28. The van der Waals surface area contributed by atoms with E-state index in [2.05, 4.69) is 13.2 Å². The summed E-state index contributed by atoms with van der Waals surface area (Å²) in [6.07, 6.45) is 6.84. The molecular weight excluding hydrogens is 556 g/mol. The van der Waals surface area contributed by atoms with Crippen LogP contribution in [-0.4, -0.2) is 50.3 Å². The lowest BCUT2D eigenvalue weighted by Gasteiger charge is -2.21. The van der Waals surface area contributed by atoms with Crippen LogP contribution in [0.2, 0.25) is 0 Å². The molecular formula is C33H34O10. The van der Waals surface area contributed by atoms with Crippen molar-refractivity contribution in [2.24, 2.45) is 5.92 Å². The third-order valence-electron chi connectivity index (χ3n) is 5.98. The highest BCUT2D eigenvalue weighted by Gasteiger charge is 2.22. The monoisotopic (exact) mass is 590 g/mol. The molecule has 0 aromatic heterocycles. The standard InChI is InChI=1S/C33H34O10/c1-4-30(34)40-20-6-18-38-26-12-8-24(9-13-26)32(36)42-28-16-17-29(23(3)22-28)43-33(37)25-10-14-27(15-11-25)39-19-7-21-41-31(35)5-2/h4-5,8-17,23H,1-2,6-7,18-22H2,3H3. The van der Waals surface area contributed by atoms with Crippen molar-refractivity contribution < 1.29 is 47.6 Å². The summed E-state index contributed by atoms with van der Waals surface area (Å²) in [4.78, 5) is 47.3. The molecule has 1 aliphatic rings. The van der Waals surface area contributed by atoms with E-state index in [1.807, 2.05) is 6.92 Å². The first kappa shape index (κ1) is 32.4. The van der Waals surface area contributed by atoms with Crippen LogP contribution in [0, 0.1) is 5.92 Å². The smallest absolute Gasteiger partial charge is 0.343 e. The number of hydrogen-bond donors (Lipinski definition) is 0. The number of esters is 4. The van der Waals surface area contributed by atoms with Gasteiger partial charge in [-0.25, -0.2) is 19.2 Å². The van der Waals surface area contributed by atoms with Crippen molar-refractivity contribution in [3.8, 4) is 11.5 Å². The zero-order valence-electron chi connectivity index (χ0n) is 24.0. The van der Waals surface area contributed by atoms with Gasteiger partial charge in [-0.05, 0) is 60.7 Å². The van der Waals surface area contributed by atoms with Crippen LogP contribution in [0.3, 0.4) is 0 Å². The highest BCUT2D eigenvalue weighted by molar-refractivity contribution is 5.91. The molecule has 0 N–H and O–H groups in total. The molecule has 10 nitrogen and oxygen atoms in total. The Balaban J connectivity index is 1.43. The normalized spacial score (nSPS) is 13.8. The minimum atomic E-state index is -0.519. The van der Waals surface area contributed by atoms with Gasteiger partial charge in [-0.2, -0.15) is 0 Å². The zero-order valence-corrected chi connectivity index (χ0v) is 24.0. The molecule has 0 amide bonds. The average molecular weight is 591 g/mol. The van der Waals surface area contributed by atoms with Gasteiger partial charge in [0.2, 0.25) is 0 Å². The van der Waals surface area contributed by atoms with Gasteiger partial charge in [0, 0.05) is 37.3 Å². The van der Waals surface area contributed by atoms with E-state index in [0.717, 1.165) is 12.2 Å². The van der Waals surface area contributed by atoms with Gasteiger partial charge >= 0.3 is 23.9 Å². The predicted octanol–water partition coefficient (Wildman–Crippen LogP) is 5.50. The van der Waals surface area contributed by atoms with Crippen molar-refractivity contribution in [3.05, 3.63) is 109 Å². The molecule has 0 radical (unpaired) electrons. The predicted molar refractivity (Wildman–Crippen MR) is 156 cm³/mol. The Kier molecular flexibility index (Phi) is 12.8. The number of allylic oxidation sites excluding steroid dienone is 4. The summed E-state index contributed by atoms with van der Waals surface area (Å²) in [5.41, 5.74) is 0.704. The minimum Gasteiger partial charge on any atom is -0.493 e. The zero-order chi connectivity index (χ0) is 31.0. The molecule has 1 aliphatic carbocycles. The fraction of sp³-hybridized carbons (Fsp3) is 0.273. The lowest BCUT2D eigenvalue weighted by molar-refractivity contribution is -0.138. The Labute approximate surface area is 250 Å². The quantitative estimate of drug-likeness (QED) is 0.107. The lowest BCUT2D eigenvalue weighted by atomic mass is 9.99. The summed E-state index contributed by atoms with van der Waals surface area (Å²) >= 11 is 0. The Morgan fingerprint density at radius 1 is 0.698 bits per heavy atom. The Hall–Kier alpha value is -5.12. The maximum Gasteiger partial charge on any atom is 0.343 e. The van der Waals surface area contributed by atoms with Crippen LogP contribution in [0.1, 0.15) is 46.9 Å². The van der Waals surface area contributed by atoms with Crippen molar-refractivity contribution in [1.82, 2.24) is 0 Å². The Morgan fingerprint density at radius 3 is 1.60 bits per heavy atom. The van der Waals surface area contributed by atoms with Crippen LogP contribution in [-0.2, 0) is 28.5 Å². The van der Waals surface area contributed by atoms with Crippen molar-refractivity contribution in [3.63, 3.8) is 0 Å². The third-order valence-corrected chi connectivity index (χ3v) is 5.98. The van der Waals surface area contributed by atoms with Gasteiger partial charge in [0.25, 0.3) is 0 Å². The van der Waals surface area contributed by atoms with E-state index in [1.54, 1.807) is 60.7 Å². The maximum absolute atomic E-state index is 12.7. The molecule has 0 bridgehead atoms. The summed E-state index contributed by atoms with van der Waals surface area (Å²) in [7, 11) is 0. The summed E-state index contributed by atoms with van der Waals surface area (Å²) < 4.78 is 32.1. The van der Waals surface area contributed by atoms with Gasteiger partial charge < -0.3 is 28.4 Å². The minimum absolute atomic E-state index is 0.198. The molecule has 0 aliphatic heterocycles. The Bertz CT molecular complexity index is 1350. The second kappa shape index (κ2) is 17.0. The van der Waals surface area contributed by atoms with Crippen molar-refractivity contribution in [2.45, 2.75) is 26.2 Å². The molecule has 2 aromatic rings. The first-order valence-electron chi connectivity index (χ1n) is 13.7. The van der Waals surface area contributed by atoms with Gasteiger partial charge in [-0.1, -0.05) is 20.1 Å². The molecule has 2 aromatic carbocycles. The van der Waals surface area contributed by atoms with Crippen LogP contribution >= 0.6 is 0 Å². The topological polar surface area (TPSA) is 124 Å². The van der Waals surface area contributed by atoms with Gasteiger partial charge in [-0.3, -0.25) is 0 Å². The second-order valence-corrected chi connectivity index (χ2v) is 9.28. The van der Waals surface area contributed by atoms with Crippen LogP contribution in [0.4, 0.5) is 0 Å². The molecule has 43 heavy (non-hydrogen) atoms. The fourth-order valence-electron chi connectivity index (χ4n) is 3.70. The molecule has 3 rings (SSSR count). The highest BCUT2D eigenvalue weighted by atomic mass is 16.6. The van der Waals surface area contributed by atoms with E-state index >= 15 is 0 Å². The van der Waals surface area contributed by atoms with Crippen molar-refractivity contribution in [2.75, 3.05) is 26.4 Å². The van der Waals surface area contributed by atoms with E-state index in [0.29, 0.717) is 66.6 Å². The molecule has 0 saturated carbocycles. The molecule has 226 valence electrons. The van der Waals surface area contributed by atoms with Crippen molar-refractivity contribution in [1.29, 1.82) is 0 Å². The van der Waals surface area contributed by atoms with E-state index in [1.165, 1.54) is 0 Å². The SMILES string of the molecule is C=CC(=O)OCCCOc1ccc(C(=O)OC2=CC=C(OC(=O)c3ccc(OCCCOC(=O)C=C)cc3)C(C)C2)cc1. The molecule has 0 fully saturated rings. The molecule has 10 heteroatoms. The fourth-order valence-corrected chi connectivity index (χ4v) is 3.70. The van der Waals surface area contributed by atoms with E-state index < -0.39 is 23.9 Å². The number of carbonyl (C=O) groups excluding carboxylic acids is 4. The lowest BCUT2D eigenvalue weighted by Crippen LogP contribution is -2.15. The number of ether oxygens (including phenoxy) is 6. The first-order valence-corrected chi connectivity index (χ1v) is 13.7. The number of benzene rings is 2. The largest absolute Gasteiger partial charge is 0.493 e. The summed E-state index contributed by atoms with van der Waals surface area (Å²) in [5.74, 6) is -0.152. The Morgan fingerprint density at radius 2 is 1.16 bits per heavy atom. The molecule has 0 saturated heterocycles. The van der Waals surface area contributed by atoms with Crippen LogP contribution in [0.25, 0.3) is 0 Å². The van der Waals surface area contributed by atoms with Gasteiger partial charge in [0.05, 0.1) is 37.6 Å². The summed E-state index contributed by atoms with van der Waals surface area (Å²) in [5, 5.41) is 0. The van der Waals surface area contributed by atoms with Gasteiger partial charge in [0.1, 0.15) is 23.0 Å². The molecule has 0 heterocycles. The number of rotatable bonds is 16. The molecule has 1 unspecified atom stereocenters. The summed E-state index contributed by atoms with van der Waals surface area (Å²) in [6.45, 7) is 9.66. The van der Waals surface area contributed by atoms with Crippen LogP contribution in [0.15, 0.2) is 97.5 Å². The van der Waals surface area contributed by atoms with Gasteiger partial charge in [0.15, 0.2) is 0 Å². The average Bonchev–Trinajstić information content (AvgIpc) is 3.02. The van der Waals surface area contributed by atoms with Crippen molar-refractivity contribution >= 4 is 23.9 Å². The highest BCUT2D eigenvalue weighted by Crippen LogP contribution is 2.28. The van der Waals surface area contributed by atoms with E-state index in [4.69, 9.17) is 28.4 Å². The molecule has 1 atom stereocenters. The first-order chi connectivity index (χ1) is 20.8. The third kappa shape index (κ3) is 11.0. The summed E-state index contributed by atoms with van der Waals surface area (Å²) in [6, 6.07) is 13.0. The number of carbonyl (C=O) groups is 4. The van der Waals surface area contributed by atoms with Crippen LogP contribution in [0.5, 0.6) is 11.5 Å².